The number of hydrogen-bond acceptors (Lipinski definition) is 3. The Bertz CT molecular complexity index is 474. The normalized spacial score (nSPS) is 10.3. The molecule has 0 aliphatic rings. The van der Waals surface area contributed by atoms with Crippen molar-refractivity contribution in [3.63, 3.8) is 0 Å². The molecule has 3 heteroatoms. The predicted molar refractivity (Wildman–Crippen MR) is 60.2 cm³/mol. The summed E-state index contributed by atoms with van der Waals surface area (Å²) in [5, 5.41) is 7.13. The van der Waals surface area contributed by atoms with Crippen LogP contribution in [0.3, 0.4) is 0 Å². The fourth-order valence-electron chi connectivity index (χ4n) is 1.30. The average Bonchev–Trinajstić information content (AvgIpc) is 2.53. The summed E-state index contributed by atoms with van der Waals surface area (Å²) in [5.74, 6) is 1.59. The van der Waals surface area contributed by atoms with Gasteiger partial charge in [-0.05, 0) is 32.4 Å². The molecule has 0 spiro atoms. The van der Waals surface area contributed by atoms with Gasteiger partial charge in [0, 0.05) is 11.3 Å². The first-order valence-electron chi connectivity index (χ1n) is 4.79. The van der Waals surface area contributed by atoms with E-state index in [4.69, 9.17) is 4.52 Å². The number of benzene rings is 1. The van der Waals surface area contributed by atoms with Crippen LogP contribution in [0.1, 0.15) is 16.9 Å². The van der Waals surface area contributed by atoms with Crippen molar-refractivity contribution >= 4 is 11.5 Å². The maximum Gasteiger partial charge on any atom is 0.176 e. The molecule has 3 nitrogen and oxygen atoms in total. The summed E-state index contributed by atoms with van der Waals surface area (Å²) >= 11 is 0. The largest absolute Gasteiger partial charge is 0.359 e. The highest BCUT2D eigenvalue weighted by molar-refractivity contribution is 5.63. The lowest BCUT2D eigenvalue weighted by Crippen LogP contribution is -1.94. The quantitative estimate of drug-likeness (QED) is 0.810. The molecule has 0 fully saturated rings. The maximum absolute atomic E-state index is 5.07. The van der Waals surface area contributed by atoms with Crippen molar-refractivity contribution in [3.8, 4) is 0 Å². The topological polar surface area (TPSA) is 38.1 Å². The first-order valence-corrected chi connectivity index (χ1v) is 4.79. The van der Waals surface area contributed by atoms with Gasteiger partial charge in [-0.25, -0.2) is 0 Å². The standard InChI is InChI=1S/C12H13N2O/c1-8-6-4-5-7-11(8)13-12-9(2)10(3)15-14-12/h4-7H,1H2,2-3H3,(H,13,14). The van der Waals surface area contributed by atoms with Crippen LogP contribution < -0.4 is 5.32 Å². The van der Waals surface area contributed by atoms with Gasteiger partial charge in [-0.3, -0.25) is 0 Å². The Morgan fingerprint density at radius 1 is 1.27 bits per heavy atom. The summed E-state index contributed by atoms with van der Waals surface area (Å²) < 4.78 is 5.07. The average molecular weight is 201 g/mol. The SMILES string of the molecule is [CH2]c1ccccc1Nc1noc(C)c1C. The molecule has 2 rings (SSSR count). The fourth-order valence-corrected chi connectivity index (χ4v) is 1.30. The molecular formula is C12H13N2O. The van der Waals surface area contributed by atoms with Gasteiger partial charge in [0.1, 0.15) is 5.76 Å². The Labute approximate surface area is 89.1 Å². The zero-order valence-corrected chi connectivity index (χ0v) is 8.87. The van der Waals surface area contributed by atoms with Crippen LogP contribution in [0.4, 0.5) is 11.5 Å². The summed E-state index contributed by atoms with van der Waals surface area (Å²) in [6.45, 7) is 7.80. The molecule has 1 aromatic carbocycles. The van der Waals surface area contributed by atoms with Gasteiger partial charge in [0.2, 0.25) is 0 Å². The smallest absolute Gasteiger partial charge is 0.176 e. The second-order valence-corrected chi connectivity index (χ2v) is 3.49. The third-order valence-corrected chi connectivity index (χ3v) is 2.43. The predicted octanol–water partition coefficient (Wildman–Crippen LogP) is 3.22. The van der Waals surface area contributed by atoms with Gasteiger partial charge in [0.05, 0.1) is 0 Å². The molecule has 1 aromatic heterocycles. The molecule has 2 aromatic rings. The van der Waals surface area contributed by atoms with Gasteiger partial charge < -0.3 is 9.84 Å². The highest BCUT2D eigenvalue weighted by Crippen LogP contribution is 2.23. The number of hydrogen-bond donors (Lipinski definition) is 1. The van der Waals surface area contributed by atoms with Crippen LogP contribution in [-0.2, 0) is 0 Å². The molecule has 1 heterocycles. The molecule has 0 saturated carbocycles. The first-order chi connectivity index (χ1) is 7.18. The summed E-state index contributed by atoms with van der Waals surface area (Å²) in [7, 11) is 0. The number of para-hydroxylation sites is 1. The van der Waals surface area contributed by atoms with E-state index in [1.54, 1.807) is 0 Å². The van der Waals surface area contributed by atoms with Crippen LogP contribution in [0.15, 0.2) is 28.8 Å². The number of aryl methyl sites for hydroxylation is 1. The lowest BCUT2D eigenvalue weighted by atomic mass is 10.2. The van der Waals surface area contributed by atoms with Crippen molar-refractivity contribution in [2.45, 2.75) is 13.8 Å². The van der Waals surface area contributed by atoms with Crippen LogP contribution in [0, 0.1) is 20.8 Å². The van der Waals surface area contributed by atoms with E-state index in [2.05, 4.69) is 17.4 Å². The molecule has 0 aliphatic heterocycles. The number of rotatable bonds is 2. The Morgan fingerprint density at radius 3 is 2.60 bits per heavy atom. The lowest BCUT2D eigenvalue weighted by molar-refractivity contribution is 0.399. The van der Waals surface area contributed by atoms with E-state index < -0.39 is 0 Å². The summed E-state index contributed by atoms with van der Waals surface area (Å²) in [6.07, 6.45) is 0. The van der Waals surface area contributed by atoms with Crippen molar-refractivity contribution in [2.24, 2.45) is 0 Å². The van der Waals surface area contributed by atoms with E-state index in [9.17, 15) is 0 Å². The number of aromatic nitrogens is 1. The van der Waals surface area contributed by atoms with E-state index in [1.807, 2.05) is 38.1 Å². The second kappa shape index (κ2) is 3.77. The molecule has 1 N–H and O–H groups in total. The summed E-state index contributed by atoms with van der Waals surface area (Å²) in [5.41, 5.74) is 2.92. The Morgan fingerprint density at radius 2 is 2.00 bits per heavy atom. The second-order valence-electron chi connectivity index (χ2n) is 3.49. The molecule has 0 atom stereocenters. The van der Waals surface area contributed by atoms with Crippen molar-refractivity contribution in [1.82, 2.24) is 5.16 Å². The molecule has 0 unspecified atom stereocenters. The van der Waals surface area contributed by atoms with Gasteiger partial charge in [-0.2, -0.15) is 0 Å². The first kappa shape index (κ1) is 9.77. The van der Waals surface area contributed by atoms with Gasteiger partial charge in [-0.1, -0.05) is 23.4 Å². The van der Waals surface area contributed by atoms with Gasteiger partial charge in [0.15, 0.2) is 5.82 Å². The van der Waals surface area contributed by atoms with Gasteiger partial charge >= 0.3 is 0 Å². The van der Waals surface area contributed by atoms with E-state index in [-0.39, 0.29) is 0 Å². The Hall–Kier alpha value is -1.77. The minimum absolute atomic E-state index is 0.753. The minimum atomic E-state index is 0.753. The zero-order chi connectivity index (χ0) is 10.8. The monoisotopic (exact) mass is 201 g/mol. The van der Waals surface area contributed by atoms with Crippen LogP contribution in [-0.4, -0.2) is 5.16 Å². The highest BCUT2D eigenvalue weighted by Gasteiger charge is 2.08. The Kier molecular flexibility index (Phi) is 2.46. The van der Waals surface area contributed by atoms with Crippen LogP contribution >= 0.6 is 0 Å². The summed E-state index contributed by atoms with van der Waals surface area (Å²) in [4.78, 5) is 0. The number of anilines is 2. The third-order valence-electron chi connectivity index (χ3n) is 2.43. The highest BCUT2D eigenvalue weighted by atomic mass is 16.5. The fraction of sp³-hybridized carbons (Fsp3) is 0.167. The van der Waals surface area contributed by atoms with Crippen LogP contribution in [0.25, 0.3) is 0 Å². The van der Waals surface area contributed by atoms with E-state index in [0.29, 0.717) is 0 Å². The molecule has 0 saturated heterocycles. The zero-order valence-electron chi connectivity index (χ0n) is 8.87. The van der Waals surface area contributed by atoms with Gasteiger partial charge in [-0.15, -0.1) is 0 Å². The molecule has 0 aliphatic carbocycles. The lowest BCUT2D eigenvalue weighted by Gasteiger charge is -2.06. The number of nitrogens with one attached hydrogen (secondary N) is 1. The number of nitrogens with zero attached hydrogens (tertiary/aromatic N) is 1. The maximum atomic E-state index is 5.07. The van der Waals surface area contributed by atoms with Crippen molar-refractivity contribution in [1.29, 1.82) is 0 Å². The third kappa shape index (κ3) is 1.86. The van der Waals surface area contributed by atoms with E-state index in [1.165, 1.54) is 0 Å². The molecule has 77 valence electrons. The van der Waals surface area contributed by atoms with Crippen molar-refractivity contribution in [3.05, 3.63) is 48.1 Å². The van der Waals surface area contributed by atoms with Gasteiger partial charge in [0.25, 0.3) is 0 Å². The molecule has 0 bridgehead atoms. The van der Waals surface area contributed by atoms with Crippen LogP contribution in [0.2, 0.25) is 0 Å². The van der Waals surface area contributed by atoms with Crippen molar-refractivity contribution < 1.29 is 4.52 Å². The summed E-state index contributed by atoms with van der Waals surface area (Å²) in [6, 6.07) is 7.82. The van der Waals surface area contributed by atoms with Crippen molar-refractivity contribution in [2.75, 3.05) is 5.32 Å². The van der Waals surface area contributed by atoms with Crippen LogP contribution in [0.5, 0.6) is 0 Å². The molecule has 1 radical (unpaired) electrons. The minimum Gasteiger partial charge on any atom is -0.359 e. The molecular weight excluding hydrogens is 188 g/mol. The Balaban J connectivity index is 2.30. The van der Waals surface area contributed by atoms with E-state index >= 15 is 0 Å². The molecule has 15 heavy (non-hydrogen) atoms. The molecule has 0 amide bonds. The van der Waals surface area contributed by atoms with E-state index in [0.717, 1.165) is 28.4 Å².